The van der Waals surface area contributed by atoms with E-state index in [9.17, 15) is 4.79 Å². The van der Waals surface area contributed by atoms with Gasteiger partial charge >= 0.3 is 0 Å². The van der Waals surface area contributed by atoms with Crippen LogP contribution in [-0.2, 0) is 4.74 Å². The molecule has 1 amide bonds. The van der Waals surface area contributed by atoms with Crippen molar-refractivity contribution in [2.75, 3.05) is 26.3 Å². The summed E-state index contributed by atoms with van der Waals surface area (Å²) in [7, 11) is 0. The monoisotopic (exact) mass is 300 g/mol. The first kappa shape index (κ1) is 12.6. The molecule has 1 aliphatic heterocycles. The number of hydrogen-bond acceptors (Lipinski definition) is 2. The van der Waals surface area contributed by atoms with Gasteiger partial charge in [0.05, 0.1) is 6.61 Å². The van der Waals surface area contributed by atoms with Crippen molar-refractivity contribution in [2.45, 2.75) is 13.3 Å². The largest absolute Gasteiger partial charge is 0.381 e. The number of nitrogens with zero attached hydrogens (tertiary/aromatic N) is 1. The van der Waals surface area contributed by atoms with Crippen molar-refractivity contribution >= 4 is 21.8 Å². The zero-order valence-electron chi connectivity index (χ0n) is 9.91. The first-order valence-electron chi connectivity index (χ1n) is 5.91. The maximum absolute atomic E-state index is 12.2. The molecule has 5 heteroatoms. The van der Waals surface area contributed by atoms with Crippen molar-refractivity contribution < 1.29 is 9.53 Å². The van der Waals surface area contributed by atoms with Gasteiger partial charge in [0, 0.05) is 36.3 Å². The van der Waals surface area contributed by atoms with Gasteiger partial charge in [-0.1, -0.05) is 0 Å². The number of amides is 1. The molecule has 1 aliphatic rings. The highest BCUT2D eigenvalue weighted by molar-refractivity contribution is 9.10. The van der Waals surface area contributed by atoms with Gasteiger partial charge in [-0.15, -0.1) is 0 Å². The van der Waals surface area contributed by atoms with Crippen LogP contribution in [0.25, 0.3) is 0 Å². The smallest absolute Gasteiger partial charge is 0.270 e. The Morgan fingerprint density at radius 3 is 3.06 bits per heavy atom. The quantitative estimate of drug-likeness (QED) is 0.927. The highest BCUT2D eigenvalue weighted by atomic mass is 79.9. The van der Waals surface area contributed by atoms with E-state index in [2.05, 4.69) is 20.9 Å². The fourth-order valence-electron chi connectivity index (χ4n) is 2.06. The fraction of sp³-hybridized carbons (Fsp3) is 0.583. The lowest BCUT2D eigenvalue weighted by Crippen LogP contribution is -2.35. The van der Waals surface area contributed by atoms with Gasteiger partial charge in [-0.05, 0) is 35.3 Å². The van der Waals surface area contributed by atoms with E-state index in [1.54, 1.807) is 6.20 Å². The first-order valence-corrected chi connectivity index (χ1v) is 6.71. The number of hydrogen-bond donors (Lipinski definition) is 1. The average Bonchev–Trinajstić information content (AvgIpc) is 2.96. The molecule has 4 nitrogen and oxygen atoms in total. The van der Waals surface area contributed by atoms with Gasteiger partial charge in [-0.2, -0.15) is 0 Å². The molecule has 0 spiro atoms. The molecule has 2 rings (SSSR count). The molecular weight excluding hydrogens is 284 g/mol. The Labute approximate surface area is 109 Å². The summed E-state index contributed by atoms with van der Waals surface area (Å²) in [5.74, 6) is 0.544. The Hall–Kier alpha value is -0.810. The van der Waals surface area contributed by atoms with E-state index >= 15 is 0 Å². The van der Waals surface area contributed by atoms with E-state index in [-0.39, 0.29) is 5.91 Å². The van der Waals surface area contributed by atoms with Gasteiger partial charge in [0.25, 0.3) is 5.91 Å². The maximum atomic E-state index is 12.2. The van der Waals surface area contributed by atoms with Crippen LogP contribution in [0.1, 0.15) is 23.8 Å². The normalized spacial score (nSPS) is 19.5. The third-order valence-corrected chi connectivity index (χ3v) is 3.51. The van der Waals surface area contributed by atoms with Crippen LogP contribution in [0.3, 0.4) is 0 Å². The van der Waals surface area contributed by atoms with Crippen LogP contribution in [0.15, 0.2) is 16.7 Å². The van der Waals surface area contributed by atoms with Crippen molar-refractivity contribution in [1.82, 2.24) is 9.88 Å². The van der Waals surface area contributed by atoms with Crippen molar-refractivity contribution in [3.05, 3.63) is 22.4 Å². The molecule has 2 heterocycles. The standard InChI is InChI=1S/C12H17BrN2O2/c1-2-15(7-9-3-4-17-8-9)12(16)11-5-10(13)6-14-11/h5-6,9,14H,2-4,7-8H2,1H3. The molecule has 94 valence electrons. The van der Waals surface area contributed by atoms with Crippen LogP contribution < -0.4 is 0 Å². The zero-order valence-corrected chi connectivity index (χ0v) is 11.5. The lowest BCUT2D eigenvalue weighted by atomic mass is 10.1. The van der Waals surface area contributed by atoms with Gasteiger partial charge < -0.3 is 14.6 Å². The Balaban J connectivity index is 1.99. The summed E-state index contributed by atoms with van der Waals surface area (Å²) in [5.41, 5.74) is 0.637. The summed E-state index contributed by atoms with van der Waals surface area (Å²) in [5, 5.41) is 0. The number of halogens is 1. The predicted octanol–water partition coefficient (Wildman–Crippen LogP) is 2.28. The molecule has 17 heavy (non-hydrogen) atoms. The summed E-state index contributed by atoms with van der Waals surface area (Å²) >= 11 is 3.34. The molecule has 0 aliphatic carbocycles. The van der Waals surface area contributed by atoms with Crippen molar-refractivity contribution in [3.8, 4) is 0 Å². The number of ether oxygens (including phenoxy) is 1. The molecule has 1 aromatic heterocycles. The second-order valence-corrected chi connectivity index (χ2v) is 5.22. The molecular formula is C12H17BrN2O2. The Morgan fingerprint density at radius 1 is 1.71 bits per heavy atom. The number of rotatable bonds is 4. The van der Waals surface area contributed by atoms with E-state index in [1.165, 1.54) is 0 Å². The van der Waals surface area contributed by atoms with Crippen LogP contribution in [0.5, 0.6) is 0 Å². The Bertz CT molecular complexity index is 386. The Morgan fingerprint density at radius 2 is 2.53 bits per heavy atom. The first-order chi connectivity index (χ1) is 8.20. The number of aromatic amines is 1. The van der Waals surface area contributed by atoms with Crippen molar-refractivity contribution in [3.63, 3.8) is 0 Å². The summed E-state index contributed by atoms with van der Waals surface area (Å²) in [6, 6.07) is 1.82. The highest BCUT2D eigenvalue weighted by Gasteiger charge is 2.22. The van der Waals surface area contributed by atoms with Crippen LogP contribution >= 0.6 is 15.9 Å². The highest BCUT2D eigenvalue weighted by Crippen LogP contribution is 2.17. The van der Waals surface area contributed by atoms with Crippen LogP contribution in [0.4, 0.5) is 0 Å². The third-order valence-electron chi connectivity index (χ3n) is 3.05. The average molecular weight is 301 g/mol. The zero-order chi connectivity index (χ0) is 12.3. The minimum Gasteiger partial charge on any atom is -0.381 e. The topological polar surface area (TPSA) is 45.3 Å². The van der Waals surface area contributed by atoms with Crippen molar-refractivity contribution in [1.29, 1.82) is 0 Å². The minimum atomic E-state index is 0.0603. The van der Waals surface area contributed by atoms with E-state index in [4.69, 9.17) is 4.74 Å². The van der Waals surface area contributed by atoms with Crippen LogP contribution in [0.2, 0.25) is 0 Å². The fourth-order valence-corrected chi connectivity index (χ4v) is 2.40. The summed E-state index contributed by atoms with van der Waals surface area (Å²) in [6.45, 7) is 5.12. The third kappa shape index (κ3) is 3.10. The number of aromatic nitrogens is 1. The maximum Gasteiger partial charge on any atom is 0.270 e. The van der Waals surface area contributed by atoms with E-state index in [1.807, 2.05) is 17.9 Å². The molecule has 1 atom stereocenters. The van der Waals surface area contributed by atoms with E-state index < -0.39 is 0 Å². The molecule has 1 saturated heterocycles. The van der Waals surface area contributed by atoms with Crippen molar-refractivity contribution in [2.24, 2.45) is 5.92 Å². The lowest BCUT2D eigenvalue weighted by Gasteiger charge is -2.23. The molecule has 0 radical (unpaired) electrons. The number of H-pyrrole nitrogens is 1. The second-order valence-electron chi connectivity index (χ2n) is 4.30. The van der Waals surface area contributed by atoms with Gasteiger partial charge in [-0.25, -0.2) is 0 Å². The molecule has 0 aromatic carbocycles. The second kappa shape index (κ2) is 5.69. The summed E-state index contributed by atoms with van der Waals surface area (Å²) in [6.07, 6.45) is 2.83. The summed E-state index contributed by atoms with van der Waals surface area (Å²) in [4.78, 5) is 17.1. The molecule has 0 bridgehead atoms. The van der Waals surface area contributed by atoms with Crippen LogP contribution in [0, 0.1) is 5.92 Å². The van der Waals surface area contributed by atoms with E-state index in [0.717, 1.165) is 37.2 Å². The predicted molar refractivity (Wildman–Crippen MR) is 69.0 cm³/mol. The number of carbonyl (C=O) groups is 1. The minimum absolute atomic E-state index is 0.0603. The number of carbonyl (C=O) groups excluding carboxylic acids is 1. The molecule has 1 unspecified atom stereocenters. The molecule has 1 fully saturated rings. The molecule has 1 N–H and O–H groups in total. The van der Waals surface area contributed by atoms with Gasteiger partial charge in [0.2, 0.25) is 0 Å². The van der Waals surface area contributed by atoms with Gasteiger partial charge in [-0.3, -0.25) is 4.79 Å². The van der Waals surface area contributed by atoms with E-state index in [0.29, 0.717) is 11.6 Å². The SMILES string of the molecule is CCN(CC1CCOC1)C(=O)c1cc(Br)c[nH]1. The lowest BCUT2D eigenvalue weighted by molar-refractivity contribution is 0.0725. The molecule has 1 aromatic rings. The number of nitrogens with one attached hydrogen (secondary N) is 1. The molecule has 0 saturated carbocycles. The summed E-state index contributed by atoms with van der Waals surface area (Å²) < 4.78 is 6.24. The Kier molecular flexibility index (Phi) is 4.23. The van der Waals surface area contributed by atoms with Gasteiger partial charge in [0.1, 0.15) is 5.69 Å². The van der Waals surface area contributed by atoms with Crippen LogP contribution in [-0.4, -0.2) is 42.1 Å². The van der Waals surface area contributed by atoms with Gasteiger partial charge in [0.15, 0.2) is 0 Å².